The average molecular weight is 277 g/mol. The van der Waals surface area contributed by atoms with E-state index in [1.165, 1.54) is 0 Å². The maximum absolute atomic E-state index is 11.6. The first-order valence-electron chi connectivity index (χ1n) is 6.86. The number of carboxylic acid groups (broad SMARTS) is 1. The van der Waals surface area contributed by atoms with Crippen LogP contribution in [0.3, 0.4) is 0 Å². The monoisotopic (exact) mass is 277 g/mol. The molecule has 0 aliphatic rings. The molecule has 0 radical (unpaired) electrons. The molecule has 3 rings (SSSR count). The van der Waals surface area contributed by atoms with Crippen molar-refractivity contribution in [3.63, 3.8) is 0 Å². The van der Waals surface area contributed by atoms with Crippen molar-refractivity contribution < 1.29 is 9.90 Å². The summed E-state index contributed by atoms with van der Waals surface area (Å²) in [7, 11) is 0. The summed E-state index contributed by atoms with van der Waals surface area (Å²) >= 11 is 0. The second-order valence-corrected chi connectivity index (χ2v) is 4.99. The molecule has 21 heavy (non-hydrogen) atoms. The zero-order valence-electron chi connectivity index (χ0n) is 11.4. The Kier molecular flexibility index (Phi) is 3.65. The van der Waals surface area contributed by atoms with Crippen LogP contribution in [0.5, 0.6) is 0 Å². The highest BCUT2D eigenvalue weighted by atomic mass is 16.4. The molecule has 1 aromatic heterocycles. The van der Waals surface area contributed by atoms with Gasteiger partial charge in [0.1, 0.15) is 0 Å². The topological polar surface area (TPSA) is 50.2 Å². The summed E-state index contributed by atoms with van der Waals surface area (Å²) < 4.78 is 0. The summed E-state index contributed by atoms with van der Waals surface area (Å²) in [6.45, 7) is 0. The largest absolute Gasteiger partial charge is 0.481 e. The summed E-state index contributed by atoms with van der Waals surface area (Å²) in [4.78, 5) is 15.9. The van der Waals surface area contributed by atoms with Gasteiger partial charge >= 0.3 is 5.97 Å². The number of fused-ring (bicyclic) bond motifs is 1. The number of carbonyl (C=O) groups is 1. The predicted octanol–water partition coefficient (Wildman–Crippen LogP) is 3.65. The zero-order valence-corrected chi connectivity index (χ0v) is 11.4. The van der Waals surface area contributed by atoms with Crippen LogP contribution in [0, 0.1) is 0 Å². The second kappa shape index (κ2) is 5.75. The quantitative estimate of drug-likeness (QED) is 0.792. The van der Waals surface area contributed by atoms with Crippen LogP contribution in [-0.2, 0) is 11.2 Å². The number of benzene rings is 2. The number of hydrogen-bond donors (Lipinski definition) is 1. The van der Waals surface area contributed by atoms with Crippen LogP contribution in [0.25, 0.3) is 10.9 Å². The number of carboxylic acids is 1. The lowest BCUT2D eigenvalue weighted by Gasteiger charge is -2.14. The van der Waals surface area contributed by atoms with E-state index in [0.29, 0.717) is 6.42 Å². The Hall–Kier alpha value is -2.68. The zero-order chi connectivity index (χ0) is 14.7. The molecule has 1 N–H and O–H groups in total. The van der Waals surface area contributed by atoms with Crippen LogP contribution >= 0.6 is 0 Å². The molecule has 1 unspecified atom stereocenters. The number of hydrogen-bond acceptors (Lipinski definition) is 2. The molecule has 2 aromatic carbocycles. The van der Waals surface area contributed by atoms with Crippen molar-refractivity contribution in [2.75, 3.05) is 0 Å². The summed E-state index contributed by atoms with van der Waals surface area (Å²) in [5.74, 6) is -1.35. The molecule has 0 saturated carbocycles. The lowest BCUT2D eigenvalue weighted by atomic mass is 9.91. The van der Waals surface area contributed by atoms with Crippen LogP contribution in [0.4, 0.5) is 0 Å². The highest BCUT2D eigenvalue weighted by Crippen LogP contribution is 2.25. The van der Waals surface area contributed by atoms with Crippen molar-refractivity contribution in [1.82, 2.24) is 4.98 Å². The molecule has 3 aromatic rings. The van der Waals surface area contributed by atoms with Crippen LogP contribution in [-0.4, -0.2) is 16.1 Å². The van der Waals surface area contributed by atoms with Gasteiger partial charge in [-0.25, -0.2) is 0 Å². The summed E-state index contributed by atoms with van der Waals surface area (Å²) in [6, 6.07) is 19.1. The molecule has 0 saturated heterocycles. The Balaban J connectivity index is 2.01. The molecule has 3 heteroatoms. The molecule has 0 fully saturated rings. The third-order valence-electron chi connectivity index (χ3n) is 3.66. The van der Waals surface area contributed by atoms with Crippen molar-refractivity contribution in [3.05, 3.63) is 78.0 Å². The van der Waals surface area contributed by atoms with Crippen LogP contribution in [0.15, 0.2) is 66.9 Å². The predicted molar refractivity (Wildman–Crippen MR) is 82.3 cm³/mol. The van der Waals surface area contributed by atoms with Crippen LogP contribution in [0.1, 0.15) is 17.0 Å². The van der Waals surface area contributed by atoms with Crippen molar-refractivity contribution in [2.45, 2.75) is 12.3 Å². The van der Waals surface area contributed by atoms with Gasteiger partial charge in [0, 0.05) is 11.6 Å². The van der Waals surface area contributed by atoms with Gasteiger partial charge in [-0.1, -0.05) is 48.5 Å². The standard InChI is InChI=1S/C18H15NO2/c20-18(21)16(13-6-2-1-3-7-13)12-14-10-11-19-17-9-5-4-8-15(14)17/h1-11,16H,12H2,(H,20,21). The minimum atomic E-state index is -0.804. The van der Waals surface area contributed by atoms with Crippen molar-refractivity contribution >= 4 is 16.9 Å². The summed E-state index contributed by atoms with van der Waals surface area (Å²) in [6.07, 6.45) is 2.20. The number of aliphatic carboxylic acids is 1. The molecular weight excluding hydrogens is 262 g/mol. The Labute approximate surface area is 122 Å². The first kappa shape index (κ1) is 13.3. The molecule has 1 heterocycles. The van der Waals surface area contributed by atoms with E-state index >= 15 is 0 Å². The van der Waals surface area contributed by atoms with Gasteiger partial charge in [-0.2, -0.15) is 0 Å². The second-order valence-electron chi connectivity index (χ2n) is 4.99. The first-order valence-corrected chi connectivity index (χ1v) is 6.86. The molecular formula is C18H15NO2. The molecule has 3 nitrogen and oxygen atoms in total. The fourth-order valence-corrected chi connectivity index (χ4v) is 2.59. The molecule has 0 bridgehead atoms. The van der Waals surface area contributed by atoms with Gasteiger partial charge in [0.05, 0.1) is 11.4 Å². The fraction of sp³-hybridized carbons (Fsp3) is 0.111. The van der Waals surface area contributed by atoms with Crippen molar-refractivity contribution in [3.8, 4) is 0 Å². The number of pyridine rings is 1. The lowest BCUT2D eigenvalue weighted by molar-refractivity contribution is -0.138. The highest BCUT2D eigenvalue weighted by molar-refractivity contribution is 5.83. The Bertz CT molecular complexity index is 763. The lowest BCUT2D eigenvalue weighted by Crippen LogP contribution is -2.14. The van der Waals surface area contributed by atoms with E-state index in [1.807, 2.05) is 60.7 Å². The van der Waals surface area contributed by atoms with Gasteiger partial charge in [-0.3, -0.25) is 9.78 Å². The van der Waals surface area contributed by atoms with Gasteiger partial charge in [-0.15, -0.1) is 0 Å². The van der Waals surface area contributed by atoms with Gasteiger partial charge in [0.15, 0.2) is 0 Å². The van der Waals surface area contributed by atoms with E-state index in [-0.39, 0.29) is 0 Å². The Morgan fingerprint density at radius 3 is 2.48 bits per heavy atom. The van der Waals surface area contributed by atoms with Gasteiger partial charge in [-0.05, 0) is 29.7 Å². The van der Waals surface area contributed by atoms with Gasteiger partial charge in [0.2, 0.25) is 0 Å². The molecule has 1 atom stereocenters. The van der Waals surface area contributed by atoms with E-state index in [0.717, 1.165) is 22.0 Å². The summed E-state index contributed by atoms with van der Waals surface area (Å²) in [5, 5.41) is 10.6. The van der Waals surface area contributed by atoms with E-state index in [4.69, 9.17) is 0 Å². The van der Waals surface area contributed by atoms with E-state index in [9.17, 15) is 9.90 Å². The molecule has 0 aliphatic carbocycles. The minimum absolute atomic E-state index is 0.461. The normalized spacial score (nSPS) is 12.2. The van der Waals surface area contributed by atoms with Crippen LogP contribution < -0.4 is 0 Å². The third kappa shape index (κ3) is 2.77. The number of para-hydroxylation sites is 1. The van der Waals surface area contributed by atoms with E-state index in [2.05, 4.69) is 4.98 Å². The SMILES string of the molecule is O=C(O)C(Cc1ccnc2ccccc12)c1ccccc1. The van der Waals surface area contributed by atoms with Crippen molar-refractivity contribution in [1.29, 1.82) is 0 Å². The fourth-order valence-electron chi connectivity index (χ4n) is 2.59. The summed E-state index contributed by atoms with van der Waals surface area (Å²) in [5.41, 5.74) is 2.73. The smallest absolute Gasteiger partial charge is 0.311 e. The molecule has 0 aliphatic heterocycles. The third-order valence-corrected chi connectivity index (χ3v) is 3.66. The number of rotatable bonds is 4. The Morgan fingerprint density at radius 2 is 1.71 bits per heavy atom. The molecule has 0 amide bonds. The Morgan fingerprint density at radius 1 is 1.00 bits per heavy atom. The van der Waals surface area contributed by atoms with Gasteiger partial charge < -0.3 is 5.11 Å². The van der Waals surface area contributed by atoms with Gasteiger partial charge in [0.25, 0.3) is 0 Å². The maximum Gasteiger partial charge on any atom is 0.311 e. The first-order chi connectivity index (χ1) is 10.3. The minimum Gasteiger partial charge on any atom is -0.481 e. The van der Waals surface area contributed by atoms with Crippen LogP contribution in [0.2, 0.25) is 0 Å². The van der Waals surface area contributed by atoms with Crippen molar-refractivity contribution in [2.24, 2.45) is 0 Å². The number of aromatic nitrogens is 1. The molecule has 0 spiro atoms. The van der Waals surface area contributed by atoms with E-state index in [1.54, 1.807) is 6.20 Å². The maximum atomic E-state index is 11.6. The highest BCUT2D eigenvalue weighted by Gasteiger charge is 2.21. The number of nitrogens with zero attached hydrogens (tertiary/aromatic N) is 1. The molecule has 104 valence electrons. The average Bonchev–Trinajstić information content (AvgIpc) is 2.53. The van der Waals surface area contributed by atoms with E-state index < -0.39 is 11.9 Å².